The van der Waals surface area contributed by atoms with Gasteiger partial charge in [0.05, 0.1) is 0 Å². The average molecular weight is 131 g/mol. The van der Waals surface area contributed by atoms with Crippen LogP contribution in [-0.2, 0) is 0 Å². The van der Waals surface area contributed by atoms with Gasteiger partial charge in [0.2, 0.25) is 0 Å². The van der Waals surface area contributed by atoms with E-state index in [9.17, 15) is 0 Å². The summed E-state index contributed by atoms with van der Waals surface area (Å²) in [5.41, 5.74) is 0. The fourth-order valence-corrected chi connectivity index (χ4v) is 5.61. The zero-order valence-corrected chi connectivity index (χ0v) is 5.90. The molecule has 10 heavy (non-hydrogen) atoms. The van der Waals surface area contributed by atoms with Crippen molar-refractivity contribution in [3.8, 4) is 0 Å². The van der Waals surface area contributed by atoms with E-state index in [1.807, 2.05) is 0 Å². The van der Waals surface area contributed by atoms with Crippen LogP contribution in [0.25, 0.3) is 0 Å². The molecule has 6 saturated carbocycles. The van der Waals surface area contributed by atoms with Crippen molar-refractivity contribution in [3.63, 3.8) is 0 Å². The van der Waals surface area contributed by atoms with Crippen LogP contribution in [0, 0.1) is 53.8 Å². The normalized spacial score (nSPS) is 91.2. The zero-order chi connectivity index (χ0) is 6.03. The Morgan fingerprint density at radius 2 is 1.50 bits per heavy atom. The topological polar surface area (TPSA) is 0 Å². The molecule has 4 atom stereocenters. The zero-order valence-electron chi connectivity index (χ0n) is 5.90. The second-order valence-corrected chi connectivity index (χ2v) is 5.18. The van der Waals surface area contributed by atoms with Crippen LogP contribution in [-0.4, -0.2) is 0 Å². The van der Waals surface area contributed by atoms with Crippen molar-refractivity contribution in [3.05, 3.63) is 6.42 Å². The molecule has 6 aliphatic rings. The lowest BCUT2D eigenvalue weighted by atomic mass is 9.12. The molecule has 51 valence electrons. The van der Waals surface area contributed by atoms with Gasteiger partial charge in [-0.15, -0.1) is 0 Å². The summed E-state index contributed by atoms with van der Waals surface area (Å²) in [5, 5.41) is 0. The van der Waals surface area contributed by atoms with Crippen molar-refractivity contribution in [2.24, 2.45) is 47.3 Å². The van der Waals surface area contributed by atoms with Gasteiger partial charge in [-0.1, -0.05) is 0 Å². The van der Waals surface area contributed by atoms with E-state index in [0.29, 0.717) is 0 Å². The van der Waals surface area contributed by atoms with Gasteiger partial charge in [0.25, 0.3) is 0 Å². The van der Waals surface area contributed by atoms with E-state index >= 15 is 0 Å². The van der Waals surface area contributed by atoms with E-state index in [2.05, 4.69) is 6.42 Å². The third-order valence-corrected chi connectivity index (χ3v) is 5.67. The third kappa shape index (κ3) is 0.163. The smallest absolute Gasteiger partial charge is 0.0312 e. The summed E-state index contributed by atoms with van der Waals surface area (Å²) < 4.78 is 0. The Bertz CT molecular complexity index is 185. The second-order valence-electron chi connectivity index (χ2n) is 5.18. The Hall–Kier alpha value is 0. The molecule has 0 aromatic heterocycles. The van der Waals surface area contributed by atoms with E-state index in [1.165, 1.54) is 47.8 Å². The van der Waals surface area contributed by atoms with Gasteiger partial charge in [-0.25, -0.2) is 0 Å². The maximum Gasteiger partial charge on any atom is -0.0312 e. The molecule has 6 aliphatic carbocycles. The number of rotatable bonds is 0. The predicted molar refractivity (Wildman–Crippen MR) is 36.8 cm³/mol. The molecule has 2 bridgehead atoms. The van der Waals surface area contributed by atoms with Crippen LogP contribution in [0.15, 0.2) is 0 Å². The van der Waals surface area contributed by atoms with E-state index in [1.54, 1.807) is 0 Å². The first-order valence-corrected chi connectivity index (χ1v) is 4.82. The molecular weight excluding hydrogens is 120 g/mol. The molecule has 0 amide bonds. The number of hydrogen-bond donors (Lipinski definition) is 0. The Morgan fingerprint density at radius 1 is 0.800 bits per heavy atom. The molecule has 0 N–H and O–H groups in total. The molecule has 0 spiro atoms. The molecule has 0 aliphatic heterocycles. The first kappa shape index (κ1) is 4.13. The summed E-state index contributed by atoms with van der Waals surface area (Å²) in [5.74, 6) is 9.99. The minimum atomic E-state index is 1.15. The Balaban J connectivity index is 1.82. The van der Waals surface area contributed by atoms with Gasteiger partial charge < -0.3 is 0 Å². The van der Waals surface area contributed by atoms with Gasteiger partial charge in [0.15, 0.2) is 0 Å². The number of hydrogen-bond acceptors (Lipinski definition) is 0. The summed E-state index contributed by atoms with van der Waals surface area (Å²) in [6.07, 6.45) is 4.18. The van der Waals surface area contributed by atoms with Gasteiger partial charge in [0, 0.05) is 0 Å². The molecule has 1 radical (unpaired) electrons. The van der Waals surface area contributed by atoms with E-state index < -0.39 is 0 Å². The van der Waals surface area contributed by atoms with Crippen molar-refractivity contribution in [1.82, 2.24) is 0 Å². The second kappa shape index (κ2) is 0.852. The van der Waals surface area contributed by atoms with Crippen molar-refractivity contribution in [2.75, 3.05) is 0 Å². The molecular formula is C10H11. The largest absolute Gasteiger partial charge is 0.0465 e. The lowest BCUT2D eigenvalue weighted by molar-refractivity contribution is -0.446. The Kier molecular flexibility index (Phi) is 0.352. The van der Waals surface area contributed by atoms with Crippen LogP contribution in [0.2, 0.25) is 0 Å². The lowest BCUT2D eigenvalue weighted by Gasteiger charge is -2.93. The summed E-state index contributed by atoms with van der Waals surface area (Å²) >= 11 is 0. The van der Waals surface area contributed by atoms with Crippen molar-refractivity contribution >= 4 is 0 Å². The summed E-state index contributed by atoms with van der Waals surface area (Å²) in [7, 11) is 0. The fraction of sp³-hybridized carbons (Fsp3) is 0.900. The quantitative estimate of drug-likeness (QED) is 0.468. The fourth-order valence-electron chi connectivity index (χ4n) is 5.61. The van der Waals surface area contributed by atoms with E-state index in [-0.39, 0.29) is 0 Å². The van der Waals surface area contributed by atoms with Crippen LogP contribution in [0.3, 0.4) is 0 Å². The molecule has 6 fully saturated rings. The van der Waals surface area contributed by atoms with Gasteiger partial charge in [0.1, 0.15) is 0 Å². The first-order valence-electron chi connectivity index (χ1n) is 4.82. The van der Waals surface area contributed by atoms with Gasteiger partial charge >= 0.3 is 0 Å². The molecule has 0 nitrogen and oxygen atoms in total. The third-order valence-electron chi connectivity index (χ3n) is 5.67. The highest BCUT2D eigenvalue weighted by Gasteiger charge is 2.87. The summed E-state index contributed by atoms with van der Waals surface area (Å²) in [6.45, 7) is 0. The molecule has 0 aromatic carbocycles. The van der Waals surface area contributed by atoms with Crippen LogP contribution in [0.1, 0.15) is 6.42 Å². The maximum absolute atomic E-state index is 2.67. The molecule has 6 rings (SSSR count). The van der Waals surface area contributed by atoms with Gasteiger partial charge in [-0.05, 0) is 60.2 Å². The van der Waals surface area contributed by atoms with Crippen molar-refractivity contribution in [1.29, 1.82) is 0 Å². The molecule has 0 heterocycles. The molecule has 0 heteroatoms. The SMILES string of the molecule is [CH]1CC2C3C4C1C1C2C3C41. The Morgan fingerprint density at radius 3 is 2.00 bits per heavy atom. The summed E-state index contributed by atoms with van der Waals surface area (Å²) in [4.78, 5) is 0. The minimum Gasteiger partial charge on any atom is -0.0465 e. The van der Waals surface area contributed by atoms with Gasteiger partial charge in [-0.3, -0.25) is 0 Å². The van der Waals surface area contributed by atoms with Crippen LogP contribution in [0.5, 0.6) is 0 Å². The summed E-state index contributed by atoms with van der Waals surface area (Å²) in [6, 6.07) is 0. The highest BCUT2D eigenvalue weighted by Crippen LogP contribution is 2.91. The van der Waals surface area contributed by atoms with Gasteiger partial charge in [-0.2, -0.15) is 0 Å². The van der Waals surface area contributed by atoms with E-state index in [4.69, 9.17) is 0 Å². The van der Waals surface area contributed by atoms with Crippen LogP contribution < -0.4 is 0 Å². The standard InChI is InChI=1S/C10H11/c1-2-4-7-5-3(1)6-8(4)10(7)9(5)6/h1,3-10H,2H2. The average Bonchev–Trinajstić information content (AvgIpc) is 1.85. The Labute approximate surface area is 61.0 Å². The predicted octanol–water partition coefficient (Wildman–Crippen LogP) is 1.58. The number of fused-ring (bicyclic) bond motifs is 1. The molecule has 0 saturated heterocycles. The van der Waals surface area contributed by atoms with Crippen LogP contribution in [0.4, 0.5) is 0 Å². The molecule has 4 unspecified atom stereocenters. The monoisotopic (exact) mass is 131 g/mol. The molecule has 0 aromatic rings. The highest BCUT2D eigenvalue weighted by atomic mass is 14.9. The van der Waals surface area contributed by atoms with Crippen molar-refractivity contribution < 1.29 is 0 Å². The van der Waals surface area contributed by atoms with E-state index in [0.717, 1.165) is 5.92 Å². The maximum atomic E-state index is 2.67. The minimum absolute atomic E-state index is 1.15. The highest BCUT2D eigenvalue weighted by molar-refractivity contribution is 5.37. The van der Waals surface area contributed by atoms with Crippen molar-refractivity contribution in [2.45, 2.75) is 6.42 Å². The first-order chi connectivity index (χ1) is 4.98. The van der Waals surface area contributed by atoms with Crippen LogP contribution >= 0.6 is 0 Å². The lowest BCUT2D eigenvalue weighted by Crippen LogP contribution is -2.89.